The average Bonchev–Trinajstić information content (AvgIpc) is 2.80. The molecule has 0 radical (unpaired) electrons. The Kier molecular flexibility index (Phi) is 4.13. The molecule has 19 heavy (non-hydrogen) atoms. The number of nitrogens with two attached hydrogens (primary N) is 1. The lowest BCUT2D eigenvalue weighted by atomic mass is 10.2. The minimum atomic E-state index is -3.87. The summed E-state index contributed by atoms with van der Waals surface area (Å²) in [4.78, 5) is 11.8. The fourth-order valence-electron chi connectivity index (χ4n) is 2.06. The molecule has 0 heterocycles. The average molecular weight is 304 g/mol. The molecule has 104 valence electrons. The molecule has 2 rings (SSSR count). The van der Waals surface area contributed by atoms with Gasteiger partial charge in [0.15, 0.2) is 0 Å². The second-order valence-corrected chi connectivity index (χ2v) is 6.47. The van der Waals surface area contributed by atoms with Crippen LogP contribution in [0.25, 0.3) is 0 Å². The minimum absolute atomic E-state index is 0.0279. The normalized spacial score (nSPS) is 16.5. The van der Waals surface area contributed by atoms with Crippen LogP contribution in [0.15, 0.2) is 23.1 Å². The number of primary sulfonamides is 1. The van der Waals surface area contributed by atoms with E-state index >= 15 is 0 Å². The van der Waals surface area contributed by atoms with E-state index in [1.54, 1.807) is 0 Å². The summed E-state index contributed by atoms with van der Waals surface area (Å²) in [7, 11) is -3.87. The number of halogens is 1. The number of rotatable bonds is 3. The van der Waals surface area contributed by atoms with Crippen LogP contribution in [-0.4, -0.2) is 20.5 Å². The van der Waals surface area contributed by atoms with E-state index in [4.69, 9.17) is 21.5 Å². The molecule has 1 saturated carbocycles. The molecule has 0 bridgehead atoms. The fraction of sp³-hybridized carbons (Fsp3) is 0.417. The number of sulfonamides is 1. The first kappa shape index (κ1) is 14.3. The van der Waals surface area contributed by atoms with Gasteiger partial charge in [-0.05, 0) is 43.9 Å². The van der Waals surface area contributed by atoms with E-state index in [0.717, 1.165) is 31.7 Å². The Morgan fingerprint density at radius 2 is 1.95 bits per heavy atom. The van der Waals surface area contributed by atoms with Gasteiger partial charge in [-0.15, -0.1) is 0 Å². The molecule has 1 aromatic carbocycles. The highest BCUT2D eigenvalue weighted by molar-refractivity contribution is 7.89. The van der Waals surface area contributed by atoms with Gasteiger partial charge in [0, 0.05) is 0 Å². The third kappa shape index (κ3) is 3.46. The zero-order valence-electron chi connectivity index (χ0n) is 10.1. The van der Waals surface area contributed by atoms with Crippen molar-refractivity contribution in [3.05, 3.63) is 28.8 Å². The van der Waals surface area contributed by atoms with Crippen molar-refractivity contribution in [3.63, 3.8) is 0 Å². The Morgan fingerprint density at radius 1 is 1.32 bits per heavy atom. The van der Waals surface area contributed by atoms with Crippen LogP contribution >= 0.6 is 11.6 Å². The Hall–Kier alpha value is -1.11. The third-order valence-electron chi connectivity index (χ3n) is 3.06. The first-order chi connectivity index (χ1) is 8.88. The lowest BCUT2D eigenvalue weighted by Gasteiger charge is -2.12. The highest BCUT2D eigenvalue weighted by Crippen LogP contribution is 2.25. The van der Waals surface area contributed by atoms with E-state index in [0.29, 0.717) is 0 Å². The lowest BCUT2D eigenvalue weighted by Crippen LogP contribution is -2.17. The number of carbonyl (C=O) groups is 1. The molecule has 1 aliphatic rings. The smallest absolute Gasteiger partial charge is 0.339 e. The van der Waals surface area contributed by atoms with Gasteiger partial charge in [0.25, 0.3) is 0 Å². The van der Waals surface area contributed by atoms with E-state index in [2.05, 4.69) is 0 Å². The van der Waals surface area contributed by atoms with Crippen LogP contribution in [0.3, 0.4) is 0 Å². The molecular weight excluding hydrogens is 290 g/mol. The summed E-state index contributed by atoms with van der Waals surface area (Å²) < 4.78 is 27.8. The van der Waals surface area contributed by atoms with Gasteiger partial charge in [-0.3, -0.25) is 0 Å². The third-order valence-corrected chi connectivity index (χ3v) is 4.30. The van der Waals surface area contributed by atoms with Gasteiger partial charge in [0.1, 0.15) is 6.10 Å². The summed E-state index contributed by atoms with van der Waals surface area (Å²) in [6.07, 6.45) is 3.61. The number of ether oxygens (including phenoxy) is 1. The summed E-state index contributed by atoms with van der Waals surface area (Å²) in [6.45, 7) is 0. The van der Waals surface area contributed by atoms with Gasteiger partial charge in [0.05, 0.1) is 15.5 Å². The zero-order chi connectivity index (χ0) is 14.0. The number of hydrogen-bond acceptors (Lipinski definition) is 4. The predicted octanol–water partition coefficient (Wildman–Crippen LogP) is 2.09. The van der Waals surface area contributed by atoms with Gasteiger partial charge < -0.3 is 4.74 Å². The maximum atomic E-state index is 12.0. The van der Waals surface area contributed by atoms with E-state index in [-0.39, 0.29) is 21.6 Å². The second-order valence-electron chi connectivity index (χ2n) is 4.50. The summed E-state index contributed by atoms with van der Waals surface area (Å²) in [5, 5.41) is 5.17. The molecule has 1 aromatic rings. The molecule has 0 amide bonds. The highest BCUT2D eigenvalue weighted by atomic mass is 35.5. The van der Waals surface area contributed by atoms with Crippen LogP contribution < -0.4 is 5.14 Å². The van der Waals surface area contributed by atoms with Gasteiger partial charge >= 0.3 is 5.97 Å². The fourth-order valence-corrected chi connectivity index (χ4v) is 2.79. The molecule has 0 aliphatic heterocycles. The molecule has 7 heteroatoms. The van der Waals surface area contributed by atoms with E-state index < -0.39 is 16.0 Å². The number of benzene rings is 1. The van der Waals surface area contributed by atoms with Crippen LogP contribution in [0, 0.1) is 0 Å². The second kappa shape index (κ2) is 5.48. The largest absolute Gasteiger partial charge is 0.459 e. The Morgan fingerprint density at radius 3 is 2.53 bits per heavy atom. The number of hydrogen-bond donors (Lipinski definition) is 1. The van der Waals surface area contributed by atoms with E-state index in [1.165, 1.54) is 12.1 Å². The van der Waals surface area contributed by atoms with E-state index in [9.17, 15) is 13.2 Å². The number of esters is 1. The molecule has 1 aliphatic carbocycles. The van der Waals surface area contributed by atoms with Crippen molar-refractivity contribution in [3.8, 4) is 0 Å². The minimum Gasteiger partial charge on any atom is -0.459 e. The summed E-state index contributed by atoms with van der Waals surface area (Å²) in [5.74, 6) is -0.609. The summed E-state index contributed by atoms with van der Waals surface area (Å²) >= 11 is 5.89. The first-order valence-electron chi connectivity index (χ1n) is 5.91. The monoisotopic (exact) mass is 303 g/mol. The molecular formula is C12H14ClNO4S. The van der Waals surface area contributed by atoms with Crippen molar-refractivity contribution in [2.45, 2.75) is 36.7 Å². The van der Waals surface area contributed by atoms with Crippen molar-refractivity contribution in [1.29, 1.82) is 0 Å². The molecule has 0 saturated heterocycles. The maximum absolute atomic E-state index is 12.0. The standard InChI is InChI=1S/C12H14ClNO4S/c13-11-6-5-9(19(14,16)17)7-10(11)12(15)18-8-3-1-2-4-8/h5-8H,1-4H2,(H2,14,16,17). The van der Waals surface area contributed by atoms with Gasteiger partial charge in [-0.1, -0.05) is 11.6 Å². The molecule has 5 nitrogen and oxygen atoms in total. The van der Waals surface area contributed by atoms with Crippen molar-refractivity contribution in [2.24, 2.45) is 5.14 Å². The van der Waals surface area contributed by atoms with Crippen LogP contribution in [-0.2, 0) is 14.8 Å². The summed E-state index contributed by atoms with van der Waals surface area (Å²) in [6, 6.07) is 3.73. The molecule has 0 atom stereocenters. The Balaban J connectivity index is 2.25. The van der Waals surface area contributed by atoms with Gasteiger partial charge in [-0.2, -0.15) is 0 Å². The van der Waals surface area contributed by atoms with Crippen LogP contribution in [0.1, 0.15) is 36.0 Å². The summed E-state index contributed by atoms with van der Waals surface area (Å²) in [5.41, 5.74) is 0.0279. The van der Waals surface area contributed by atoms with Crippen molar-refractivity contribution in [1.82, 2.24) is 0 Å². The van der Waals surface area contributed by atoms with E-state index in [1.807, 2.05) is 0 Å². The lowest BCUT2D eigenvalue weighted by molar-refractivity contribution is 0.0318. The molecule has 2 N–H and O–H groups in total. The van der Waals surface area contributed by atoms with Crippen LogP contribution in [0.2, 0.25) is 5.02 Å². The quantitative estimate of drug-likeness (QED) is 0.866. The predicted molar refractivity (Wildman–Crippen MR) is 70.5 cm³/mol. The van der Waals surface area contributed by atoms with Crippen LogP contribution in [0.5, 0.6) is 0 Å². The maximum Gasteiger partial charge on any atom is 0.339 e. The van der Waals surface area contributed by atoms with Crippen LogP contribution in [0.4, 0.5) is 0 Å². The number of carbonyl (C=O) groups excluding carboxylic acids is 1. The SMILES string of the molecule is NS(=O)(=O)c1ccc(Cl)c(C(=O)OC2CCCC2)c1. The van der Waals surface area contributed by atoms with Crippen molar-refractivity contribution >= 4 is 27.6 Å². The molecule has 0 spiro atoms. The Bertz CT molecular complexity index is 594. The molecule has 0 aromatic heterocycles. The van der Waals surface area contributed by atoms with Crippen molar-refractivity contribution < 1.29 is 17.9 Å². The zero-order valence-corrected chi connectivity index (χ0v) is 11.7. The van der Waals surface area contributed by atoms with Crippen molar-refractivity contribution in [2.75, 3.05) is 0 Å². The molecule has 1 fully saturated rings. The van der Waals surface area contributed by atoms with Gasteiger partial charge in [0.2, 0.25) is 10.0 Å². The molecule has 0 unspecified atom stereocenters. The first-order valence-corrected chi connectivity index (χ1v) is 7.83. The van der Waals surface area contributed by atoms with Gasteiger partial charge in [-0.25, -0.2) is 18.4 Å². The topological polar surface area (TPSA) is 86.5 Å². The highest BCUT2D eigenvalue weighted by Gasteiger charge is 2.22. The Labute approximate surface area is 116 Å².